The Bertz CT molecular complexity index is 518. The lowest BCUT2D eigenvalue weighted by Crippen LogP contribution is -2.46. The molecule has 1 aromatic rings. The fourth-order valence-electron chi connectivity index (χ4n) is 3.46. The van der Waals surface area contributed by atoms with E-state index in [1.54, 1.807) is 7.11 Å². The van der Waals surface area contributed by atoms with Crippen molar-refractivity contribution in [2.75, 3.05) is 13.7 Å². The number of urea groups is 1. The van der Waals surface area contributed by atoms with Gasteiger partial charge in [-0.3, -0.25) is 0 Å². The highest BCUT2D eigenvalue weighted by molar-refractivity contribution is 5.74. The van der Waals surface area contributed by atoms with Crippen LogP contribution in [0.5, 0.6) is 5.75 Å². The number of hydrogen-bond donors (Lipinski definition) is 2. The molecule has 23 heavy (non-hydrogen) atoms. The average Bonchev–Trinajstić information content (AvgIpc) is 3.18. The SMILES string of the molecule is COc1ccc(CCCCNC(=O)N[C@@H]2C[C@H]3CC[C@H]2O3)cc1. The van der Waals surface area contributed by atoms with Gasteiger partial charge in [0.05, 0.1) is 25.4 Å². The van der Waals surface area contributed by atoms with Crippen LogP contribution >= 0.6 is 0 Å². The molecule has 126 valence electrons. The van der Waals surface area contributed by atoms with Gasteiger partial charge in [-0.1, -0.05) is 12.1 Å². The van der Waals surface area contributed by atoms with Gasteiger partial charge < -0.3 is 20.1 Å². The first-order valence-electron chi connectivity index (χ1n) is 8.57. The Labute approximate surface area is 137 Å². The first-order chi connectivity index (χ1) is 11.2. The summed E-state index contributed by atoms with van der Waals surface area (Å²) in [6, 6.07) is 8.29. The summed E-state index contributed by atoms with van der Waals surface area (Å²) in [6.45, 7) is 0.712. The molecule has 0 aliphatic carbocycles. The number of ether oxygens (including phenoxy) is 2. The van der Waals surface area contributed by atoms with Gasteiger partial charge in [0.2, 0.25) is 0 Å². The predicted molar refractivity (Wildman–Crippen MR) is 88.8 cm³/mol. The van der Waals surface area contributed by atoms with Gasteiger partial charge >= 0.3 is 6.03 Å². The van der Waals surface area contributed by atoms with Crippen LogP contribution in [0.25, 0.3) is 0 Å². The van der Waals surface area contributed by atoms with Crippen molar-refractivity contribution in [3.63, 3.8) is 0 Å². The first-order valence-corrected chi connectivity index (χ1v) is 8.57. The molecule has 0 spiro atoms. The highest BCUT2D eigenvalue weighted by atomic mass is 16.5. The molecule has 0 unspecified atom stereocenters. The van der Waals surface area contributed by atoms with Crippen LogP contribution < -0.4 is 15.4 Å². The van der Waals surface area contributed by atoms with Gasteiger partial charge in [0.25, 0.3) is 0 Å². The molecule has 3 atom stereocenters. The third-order valence-corrected chi connectivity index (χ3v) is 4.76. The van der Waals surface area contributed by atoms with Crippen LogP contribution in [0.15, 0.2) is 24.3 Å². The molecule has 0 radical (unpaired) electrons. The minimum absolute atomic E-state index is 0.0596. The Morgan fingerprint density at radius 1 is 1.26 bits per heavy atom. The molecular formula is C18H26N2O3. The molecule has 1 aromatic carbocycles. The van der Waals surface area contributed by atoms with Crippen LogP contribution in [0, 0.1) is 0 Å². The fourth-order valence-corrected chi connectivity index (χ4v) is 3.46. The van der Waals surface area contributed by atoms with E-state index in [0.717, 1.165) is 44.3 Å². The molecule has 2 aliphatic rings. The number of unbranched alkanes of at least 4 members (excludes halogenated alkanes) is 1. The Balaban J connectivity index is 1.27. The Morgan fingerprint density at radius 3 is 2.74 bits per heavy atom. The van der Waals surface area contributed by atoms with E-state index < -0.39 is 0 Å². The highest BCUT2D eigenvalue weighted by Gasteiger charge is 2.41. The lowest BCUT2D eigenvalue weighted by Gasteiger charge is -2.20. The third kappa shape index (κ3) is 4.38. The molecular weight excluding hydrogens is 292 g/mol. The topological polar surface area (TPSA) is 59.6 Å². The summed E-state index contributed by atoms with van der Waals surface area (Å²) in [7, 11) is 1.68. The van der Waals surface area contributed by atoms with Gasteiger partial charge in [-0.05, 0) is 56.2 Å². The predicted octanol–water partition coefficient (Wildman–Crippen LogP) is 2.64. The van der Waals surface area contributed by atoms with E-state index in [2.05, 4.69) is 22.8 Å². The number of carbonyl (C=O) groups is 1. The zero-order valence-electron chi connectivity index (χ0n) is 13.7. The first kappa shape index (κ1) is 16.1. The largest absolute Gasteiger partial charge is 0.497 e. The highest BCUT2D eigenvalue weighted by Crippen LogP contribution is 2.34. The van der Waals surface area contributed by atoms with Crippen molar-refractivity contribution in [3.8, 4) is 5.75 Å². The van der Waals surface area contributed by atoms with E-state index in [1.807, 2.05) is 12.1 Å². The molecule has 2 heterocycles. The van der Waals surface area contributed by atoms with Gasteiger partial charge in [0.1, 0.15) is 5.75 Å². The lowest BCUT2D eigenvalue weighted by molar-refractivity contribution is 0.0981. The molecule has 0 saturated carbocycles. The van der Waals surface area contributed by atoms with Crippen LogP contribution in [0.3, 0.4) is 0 Å². The van der Waals surface area contributed by atoms with Crippen LogP contribution in [0.1, 0.15) is 37.7 Å². The average molecular weight is 318 g/mol. The number of aryl methyl sites for hydroxylation is 1. The second kappa shape index (κ2) is 7.68. The Morgan fingerprint density at radius 2 is 2.09 bits per heavy atom. The van der Waals surface area contributed by atoms with Gasteiger partial charge in [-0.15, -0.1) is 0 Å². The van der Waals surface area contributed by atoms with E-state index in [0.29, 0.717) is 12.6 Å². The molecule has 5 nitrogen and oxygen atoms in total. The number of fused-ring (bicyclic) bond motifs is 2. The second-order valence-corrected chi connectivity index (χ2v) is 6.42. The van der Waals surface area contributed by atoms with Gasteiger partial charge in [0, 0.05) is 6.54 Å². The van der Waals surface area contributed by atoms with Crippen LogP contribution in [0.4, 0.5) is 4.79 Å². The summed E-state index contributed by atoms with van der Waals surface area (Å²) in [6.07, 6.45) is 6.86. The maximum absolute atomic E-state index is 11.9. The standard InChI is InChI=1S/C18H26N2O3/c1-22-14-7-5-13(6-8-14)4-2-3-11-19-18(21)20-16-12-15-9-10-17(16)23-15/h5-8,15-17H,2-4,9-12H2,1H3,(H2,19,20,21)/t15-,16-,17-/m1/s1. The number of hydrogen-bond acceptors (Lipinski definition) is 3. The fraction of sp³-hybridized carbons (Fsp3) is 0.611. The van der Waals surface area contributed by atoms with E-state index in [1.165, 1.54) is 5.56 Å². The van der Waals surface area contributed by atoms with Gasteiger partial charge in [-0.25, -0.2) is 4.79 Å². The summed E-state index contributed by atoms with van der Waals surface area (Å²) >= 11 is 0. The third-order valence-electron chi connectivity index (χ3n) is 4.76. The molecule has 0 aromatic heterocycles. The second-order valence-electron chi connectivity index (χ2n) is 6.42. The van der Waals surface area contributed by atoms with Gasteiger partial charge in [-0.2, -0.15) is 0 Å². The summed E-state index contributed by atoms with van der Waals surface area (Å²) in [5, 5.41) is 5.99. The normalized spacial score (nSPS) is 25.3. The number of rotatable bonds is 7. The lowest BCUT2D eigenvalue weighted by atomic mass is 9.96. The number of nitrogens with one attached hydrogen (secondary N) is 2. The van der Waals surface area contributed by atoms with Crippen LogP contribution in [-0.4, -0.2) is 37.9 Å². The zero-order chi connectivity index (χ0) is 16.1. The maximum atomic E-state index is 11.9. The molecule has 5 heteroatoms. The van der Waals surface area contributed by atoms with Crippen molar-refractivity contribution >= 4 is 6.03 Å². The van der Waals surface area contributed by atoms with E-state index in [4.69, 9.17) is 9.47 Å². The van der Waals surface area contributed by atoms with Crippen molar-refractivity contribution in [2.24, 2.45) is 0 Å². The van der Waals surface area contributed by atoms with Gasteiger partial charge in [0.15, 0.2) is 0 Å². The van der Waals surface area contributed by atoms with Crippen LogP contribution in [0.2, 0.25) is 0 Å². The Hall–Kier alpha value is -1.75. The molecule has 2 fully saturated rings. The molecule has 2 N–H and O–H groups in total. The van der Waals surface area contributed by atoms with Crippen LogP contribution in [-0.2, 0) is 11.2 Å². The number of carbonyl (C=O) groups excluding carboxylic acids is 1. The summed E-state index contributed by atoms with van der Waals surface area (Å²) in [4.78, 5) is 11.9. The summed E-state index contributed by atoms with van der Waals surface area (Å²) in [5.41, 5.74) is 1.30. The molecule has 2 saturated heterocycles. The number of methoxy groups -OCH3 is 1. The van der Waals surface area contributed by atoms with E-state index in [9.17, 15) is 4.79 Å². The summed E-state index contributed by atoms with van der Waals surface area (Å²) in [5.74, 6) is 0.886. The zero-order valence-corrected chi connectivity index (χ0v) is 13.7. The number of benzene rings is 1. The van der Waals surface area contributed by atoms with E-state index >= 15 is 0 Å². The maximum Gasteiger partial charge on any atom is 0.315 e. The summed E-state index contributed by atoms with van der Waals surface area (Å²) < 4.78 is 10.9. The quantitative estimate of drug-likeness (QED) is 0.760. The smallest absolute Gasteiger partial charge is 0.315 e. The van der Waals surface area contributed by atoms with Crippen molar-refractivity contribution in [2.45, 2.75) is 56.8 Å². The molecule has 2 aliphatic heterocycles. The monoisotopic (exact) mass is 318 g/mol. The number of amides is 2. The molecule has 2 amide bonds. The van der Waals surface area contributed by atoms with Crippen molar-refractivity contribution in [1.82, 2.24) is 10.6 Å². The van der Waals surface area contributed by atoms with Crippen molar-refractivity contribution < 1.29 is 14.3 Å². The molecule has 3 rings (SSSR count). The van der Waals surface area contributed by atoms with Crippen molar-refractivity contribution in [3.05, 3.63) is 29.8 Å². The Kier molecular flexibility index (Phi) is 5.39. The molecule has 2 bridgehead atoms. The minimum atomic E-state index is -0.0596. The van der Waals surface area contributed by atoms with Crippen molar-refractivity contribution in [1.29, 1.82) is 0 Å². The van der Waals surface area contributed by atoms with E-state index in [-0.39, 0.29) is 18.2 Å². The minimum Gasteiger partial charge on any atom is -0.497 e.